The van der Waals surface area contributed by atoms with Crippen LogP contribution in [0.5, 0.6) is 0 Å². The van der Waals surface area contributed by atoms with Gasteiger partial charge in [0.05, 0.1) is 17.9 Å². The molecule has 0 radical (unpaired) electrons. The molecule has 2 aromatic rings. The first kappa shape index (κ1) is 13.7. The van der Waals surface area contributed by atoms with Crippen molar-refractivity contribution in [3.8, 4) is 0 Å². The third kappa shape index (κ3) is 3.37. The van der Waals surface area contributed by atoms with E-state index in [1.807, 2.05) is 11.7 Å². The van der Waals surface area contributed by atoms with Crippen LogP contribution < -0.4 is 5.32 Å². The predicted octanol–water partition coefficient (Wildman–Crippen LogP) is 3.72. The number of aryl methyl sites for hydroxylation is 2. The van der Waals surface area contributed by atoms with Crippen LogP contribution in [0.2, 0.25) is 0 Å². The van der Waals surface area contributed by atoms with E-state index in [1.54, 1.807) is 0 Å². The van der Waals surface area contributed by atoms with Crippen molar-refractivity contribution in [2.24, 2.45) is 7.05 Å². The molecule has 3 heteroatoms. The van der Waals surface area contributed by atoms with Crippen LogP contribution in [0.4, 0.5) is 5.69 Å². The van der Waals surface area contributed by atoms with Crippen molar-refractivity contribution in [3.63, 3.8) is 0 Å². The first-order valence-corrected chi connectivity index (χ1v) is 6.95. The summed E-state index contributed by atoms with van der Waals surface area (Å²) in [5.41, 5.74) is 4.89. The molecule has 1 heterocycles. The van der Waals surface area contributed by atoms with E-state index in [0.29, 0.717) is 5.92 Å². The minimum Gasteiger partial charge on any atom is -0.379 e. The van der Waals surface area contributed by atoms with Crippen LogP contribution in [0.1, 0.15) is 43.6 Å². The highest BCUT2D eigenvalue weighted by Crippen LogP contribution is 2.17. The number of anilines is 1. The number of rotatable bonds is 5. The molecule has 102 valence electrons. The highest BCUT2D eigenvalue weighted by Gasteiger charge is 2.04. The van der Waals surface area contributed by atoms with Gasteiger partial charge in [-0.2, -0.15) is 5.10 Å². The van der Waals surface area contributed by atoms with Crippen molar-refractivity contribution in [3.05, 3.63) is 47.3 Å². The van der Waals surface area contributed by atoms with Crippen molar-refractivity contribution in [1.29, 1.82) is 0 Å². The van der Waals surface area contributed by atoms with E-state index in [1.165, 1.54) is 11.3 Å². The van der Waals surface area contributed by atoms with Gasteiger partial charge in [-0.3, -0.25) is 4.68 Å². The summed E-state index contributed by atoms with van der Waals surface area (Å²) in [7, 11) is 2.00. The molecule has 0 atom stereocenters. The summed E-state index contributed by atoms with van der Waals surface area (Å²) in [4.78, 5) is 0. The molecule has 0 unspecified atom stereocenters. The fourth-order valence-corrected chi connectivity index (χ4v) is 2.09. The number of hydrogen-bond donors (Lipinski definition) is 1. The van der Waals surface area contributed by atoms with E-state index >= 15 is 0 Å². The molecule has 19 heavy (non-hydrogen) atoms. The van der Waals surface area contributed by atoms with Gasteiger partial charge < -0.3 is 5.32 Å². The van der Waals surface area contributed by atoms with E-state index in [2.05, 4.69) is 61.5 Å². The molecule has 0 bridgehead atoms. The van der Waals surface area contributed by atoms with Crippen molar-refractivity contribution in [1.82, 2.24) is 9.78 Å². The molecule has 1 N–H and O–H groups in total. The second kappa shape index (κ2) is 5.91. The normalized spacial score (nSPS) is 11.0. The first-order chi connectivity index (χ1) is 9.10. The maximum atomic E-state index is 4.46. The van der Waals surface area contributed by atoms with Crippen LogP contribution in [-0.4, -0.2) is 9.78 Å². The number of hydrogen-bond acceptors (Lipinski definition) is 2. The fraction of sp³-hybridized carbons (Fsp3) is 0.438. The molecule has 0 amide bonds. The van der Waals surface area contributed by atoms with Gasteiger partial charge in [0.25, 0.3) is 0 Å². The van der Waals surface area contributed by atoms with Crippen LogP contribution >= 0.6 is 0 Å². The molecule has 2 rings (SSSR count). The highest BCUT2D eigenvalue weighted by atomic mass is 15.3. The van der Waals surface area contributed by atoms with Crippen LogP contribution in [-0.2, 0) is 20.0 Å². The lowest BCUT2D eigenvalue weighted by Crippen LogP contribution is -2.05. The Kier molecular flexibility index (Phi) is 4.25. The van der Waals surface area contributed by atoms with Crippen molar-refractivity contribution < 1.29 is 0 Å². The van der Waals surface area contributed by atoms with Crippen molar-refractivity contribution in [2.75, 3.05) is 5.32 Å². The van der Waals surface area contributed by atoms with Gasteiger partial charge in [0.2, 0.25) is 0 Å². The molecule has 0 aliphatic carbocycles. The second-order valence-corrected chi connectivity index (χ2v) is 5.23. The summed E-state index contributed by atoms with van der Waals surface area (Å²) in [5.74, 6) is 0.582. The minimum atomic E-state index is 0.582. The molecule has 0 aliphatic rings. The largest absolute Gasteiger partial charge is 0.379 e. The van der Waals surface area contributed by atoms with E-state index in [4.69, 9.17) is 0 Å². The number of benzene rings is 1. The van der Waals surface area contributed by atoms with Crippen molar-refractivity contribution >= 4 is 5.69 Å². The van der Waals surface area contributed by atoms with Crippen LogP contribution in [0, 0.1) is 0 Å². The molecule has 1 aromatic carbocycles. The molecule has 1 aromatic heterocycles. The zero-order chi connectivity index (χ0) is 13.8. The van der Waals surface area contributed by atoms with Gasteiger partial charge in [0.15, 0.2) is 0 Å². The molecule has 0 saturated carbocycles. The van der Waals surface area contributed by atoms with Gasteiger partial charge in [-0.05, 0) is 36.1 Å². The van der Waals surface area contributed by atoms with E-state index < -0.39 is 0 Å². The molecular formula is C16H23N3. The standard InChI is InChI=1S/C16H23N3/c1-5-14-10-16(19(4)18-14)11-17-15-8-6-13(7-9-15)12(2)3/h6-10,12,17H,5,11H2,1-4H3. The van der Waals surface area contributed by atoms with Crippen LogP contribution in [0.3, 0.4) is 0 Å². The Balaban J connectivity index is 1.99. The summed E-state index contributed by atoms with van der Waals surface area (Å²) < 4.78 is 1.95. The maximum Gasteiger partial charge on any atom is 0.0625 e. The monoisotopic (exact) mass is 257 g/mol. The third-order valence-corrected chi connectivity index (χ3v) is 3.44. The quantitative estimate of drug-likeness (QED) is 0.884. The predicted molar refractivity (Wildman–Crippen MR) is 80.4 cm³/mol. The summed E-state index contributed by atoms with van der Waals surface area (Å²) >= 11 is 0. The zero-order valence-corrected chi connectivity index (χ0v) is 12.3. The summed E-state index contributed by atoms with van der Waals surface area (Å²) in [6.45, 7) is 7.36. The van der Waals surface area contributed by atoms with E-state index in [0.717, 1.165) is 24.3 Å². The first-order valence-electron chi connectivity index (χ1n) is 6.95. The highest BCUT2D eigenvalue weighted by molar-refractivity contribution is 5.45. The van der Waals surface area contributed by atoms with Gasteiger partial charge in [-0.25, -0.2) is 0 Å². The molecule has 3 nitrogen and oxygen atoms in total. The Morgan fingerprint density at radius 3 is 2.42 bits per heavy atom. The number of nitrogens with zero attached hydrogens (tertiary/aromatic N) is 2. The van der Waals surface area contributed by atoms with Gasteiger partial charge in [-0.1, -0.05) is 32.9 Å². The van der Waals surface area contributed by atoms with Crippen molar-refractivity contribution in [2.45, 2.75) is 39.7 Å². The summed E-state index contributed by atoms with van der Waals surface area (Å²) in [6.07, 6.45) is 0.983. The molecule has 0 spiro atoms. The molecule has 0 fully saturated rings. The van der Waals surface area contributed by atoms with Crippen LogP contribution in [0.25, 0.3) is 0 Å². The Labute approximate surface area is 115 Å². The average Bonchev–Trinajstić information content (AvgIpc) is 2.77. The molecule has 0 saturated heterocycles. The van der Waals surface area contributed by atoms with E-state index in [-0.39, 0.29) is 0 Å². The fourth-order valence-electron chi connectivity index (χ4n) is 2.09. The second-order valence-electron chi connectivity index (χ2n) is 5.23. The van der Waals surface area contributed by atoms with Crippen LogP contribution in [0.15, 0.2) is 30.3 Å². The van der Waals surface area contributed by atoms with Gasteiger partial charge in [0, 0.05) is 12.7 Å². The minimum absolute atomic E-state index is 0.582. The lowest BCUT2D eigenvalue weighted by Gasteiger charge is -2.09. The summed E-state index contributed by atoms with van der Waals surface area (Å²) in [6, 6.07) is 10.8. The number of aromatic nitrogens is 2. The SMILES string of the molecule is CCc1cc(CNc2ccc(C(C)C)cc2)n(C)n1. The number of nitrogens with one attached hydrogen (secondary N) is 1. The summed E-state index contributed by atoms with van der Waals surface area (Å²) in [5, 5.41) is 7.90. The van der Waals surface area contributed by atoms with Gasteiger partial charge in [-0.15, -0.1) is 0 Å². The topological polar surface area (TPSA) is 29.9 Å². The Morgan fingerprint density at radius 2 is 1.89 bits per heavy atom. The lowest BCUT2D eigenvalue weighted by molar-refractivity contribution is 0.707. The Bertz CT molecular complexity index is 523. The average molecular weight is 257 g/mol. The maximum absolute atomic E-state index is 4.46. The third-order valence-electron chi connectivity index (χ3n) is 3.44. The lowest BCUT2D eigenvalue weighted by atomic mass is 10.0. The molecular weight excluding hydrogens is 234 g/mol. The Hall–Kier alpha value is -1.77. The van der Waals surface area contributed by atoms with E-state index in [9.17, 15) is 0 Å². The zero-order valence-electron chi connectivity index (χ0n) is 12.3. The van der Waals surface area contributed by atoms with Gasteiger partial charge >= 0.3 is 0 Å². The Morgan fingerprint density at radius 1 is 1.21 bits per heavy atom. The smallest absolute Gasteiger partial charge is 0.0625 e. The van der Waals surface area contributed by atoms with Gasteiger partial charge in [0.1, 0.15) is 0 Å². The molecule has 0 aliphatic heterocycles.